The van der Waals surface area contributed by atoms with E-state index in [9.17, 15) is 13.5 Å². The first-order chi connectivity index (χ1) is 7.87. The molecule has 17 heavy (non-hydrogen) atoms. The SMILES string of the molecule is CCC1(O)CN(S(=O)(=O)c2ccc(N)nc2)C1. The number of nitrogen functional groups attached to an aromatic ring is 1. The van der Waals surface area contributed by atoms with Crippen LogP contribution in [0.1, 0.15) is 13.3 Å². The van der Waals surface area contributed by atoms with Crippen molar-refractivity contribution >= 4 is 15.8 Å². The minimum Gasteiger partial charge on any atom is -0.387 e. The van der Waals surface area contributed by atoms with Crippen LogP contribution < -0.4 is 5.73 Å². The lowest BCUT2D eigenvalue weighted by Gasteiger charge is -2.44. The topological polar surface area (TPSA) is 96.5 Å². The zero-order chi connectivity index (χ0) is 12.7. The van der Waals surface area contributed by atoms with E-state index in [2.05, 4.69) is 4.98 Å². The fourth-order valence-electron chi connectivity index (χ4n) is 1.70. The summed E-state index contributed by atoms with van der Waals surface area (Å²) in [6.45, 7) is 2.10. The molecule has 1 fully saturated rings. The van der Waals surface area contributed by atoms with E-state index < -0.39 is 15.6 Å². The highest BCUT2D eigenvalue weighted by Crippen LogP contribution is 2.29. The largest absolute Gasteiger partial charge is 0.387 e. The number of nitrogens with zero attached hydrogens (tertiary/aromatic N) is 2. The lowest BCUT2D eigenvalue weighted by atomic mass is 9.94. The summed E-state index contributed by atoms with van der Waals surface area (Å²) in [7, 11) is -3.54. The highest BCUT2D eigenvalue weighted by Gasteiger charge is 2.45. The number of rotatable bonds is 3. The third kappa shape index (κ3) is 2.13. The van der Waals surface area contributed by atoms with Gasteiger partial charge in [-0.05, 0) is 18.6 Å². The maximum Gasteiger partial charge on any atom is 0.244 e. The van der Waals surface area contributed by atoms with Gasteiger partial charge in [-0.2, -0.15) is 4.31 Å². The van der Waals surface area contributed by atoms with Crippen LogP contribution in [0, 0.1) is 0 Å². The van der Waals surface area contributed by atoms with Gasteiger partial charge in [-0.25, -0.2) is 13.4 Å². The van der Waals surface area contributed by atoms with Gasteiger partial charge in [0.25, 0.3) is 0 Å². The number of hydrogen-bond donors (Lipinski definition) is 2. The van der Waals surface area contributed by atoms with Crippen molar-refractivity contribution in [3.8, 4) is 0 Å². The van der Waals surface area contributed by atoms with Gasteiger partial charge in [0.05, 0.1) is 5.60 Å². The summed E-state index contributed by atoms with van der Waals surface area (Å²) in [6.07, 6.45) is 1.77. The number of pyridine rings is 1. The van der Waals surface area contributed by atoms with Gasteiger partial charge in [0.1, 0.15) is 10.7 Å². The zero-order valence-corrected chi connectivity index (χ0v) is 10.3. The Morgan fingerprint density at radius 3 is 2.65 bits per heavy atom. The van der Waals surface area contributed by atoms with Crippen LogP contribution in [0.25, 0.3) is 0 Å². The molecule has 2 rings (SSSR count). The Hall–Kier alpha value is -1.18. The van der Waals surface area contributed by atoms with E-state index in [0.29, 0.717) is 6.42 Å². The standard InChI is InChI=1S/C10H15N3O3S/c1-2-10(14)6-13(7-10)17(15,16)8-3-4-9(11)12-5-8/h3-5,14H,2,6-7H2,1H3,(H2,11,12). The van der Waals surface area contributed by atoms with Crippen molar-refractivity contribution in [3.63, 3.8) is 0 Å². The molecule has 1 aromatic heterocycles. The van der Waals surface area contributed by atoms with Crippen molar-refractivity contribution in [3.05, 3.63) is 18.3 Å². The van der Waals surface area contributed by atoms with Gasteiger partial charge >= 0.3 is 0 Å². The van der Waals surface area contributed by atoms with E-state index in [-0.39, 0.29) is 23.8 Å². The summed E-state index contributed by atoms with van der Waals surface area (Å²) in [5, 5.41) is 9.80. The molecule has 0 atom stereocenters. The monoisotopic (exact) mass is 257 g/mol. The van der Waals surface area contributed by atoms with E-state index >= 15 is 0 Å². The summed E-state index contributed by atoms with van der Waals surface area (Å²) in [4.78, 5) is 3.85. The van der Waals surface area contributed by atoms with E-state index in [0.717, 1.165) is 0 Å². The number of aliphatic hydroxyl groups is 1. The van der Waals surface area contributed by atoms with Gasteiger partial charge in [0.15, 0.2) is 0 Å². The molecule has 0 saturated carbocycles. The molecule has 0 bridgehead atoms. The predicted octanol–water partition coefficient (Wildman–Crippen LogP) is -0.191. The Morgan fingerprint density at radius 2 is 2.18 bits per heavy atom. The smallest absolute Gasteiger partial charge is 0.244 e. The van der Waals surface area contributed by atoms with Crippen LogP contribution in [0.4, 0.5) is 5.82 Å². The van der Waals surface area contributed by atoms with E-state index in [1.165, 1.54) is 22.6 Å². The number of β-amino-alcohol motifs (C(OH)–C–C–N with tert-alkyl or cyclic N) is 1. The third-order valence-corrected chi connectivity index (χ3v) is 4.77. The quantitative estimate of drug-likeness (QED) is 0.782. The highest BCUT2D eigenvalue weighted by atomic mass is 32.2. The van der Waals surface area contributed by atoms with Crippen molar-refractivity contribution in [2.45, 2.75) is 23.8 Å². The lowest BCUT2D eigenvalue weighted by Crippen LogP contribution is -2.62. The Labute approximate surface area is 100 Å². The molecule has 3 N–H and O–H groups in total. The lowest BCUT2D eigenvalue weighted by molar-refractivity contribution is -0.0613. The molecule has 94 valence electrons. The zero-order valence-electron chi connectivity index (χ0n) is 9.50. The van der Waals surface area contributed by atoms with E-state index in [1.54, 1.807) is 0 Å². The minimum absolute atomic E-state index is 0.102. The molecule has 7 heteroatoms. The van der Waals surface area contributed by atoms with Crippen LogP contribution in [0.3, 0.4) is 0 Å². The fourth-order valence-corrected chi connectivity index (χ4v) is 3.24. The first kappa shape index (κ1) is 12.3. The normalized spacial score (nSPS) is 19.9. The molecule has 1 saturated heterocycles. The third-order valence-electron chi connectivity index (χ3n) is 3.00. The first-order valence-corrected chi connectivity index (χ1v) is 6.75. The fraction of sp³-hybridized carbons (Fsp3) is 0.500. The number of nitrogens with two attached hydrogens (primary N) is 1. The molecule has 0 spiro atoms. The van der Waals surface area contributed by atoms with E-state index in [4.69, 9.17) is 5.73 Å². The average Bonchev–Trinajstić information content (AvgIpc) is 2.25. The summed E-state index contributed by atoms with van der Waals surface area (Å²) in [5.74, 6) is 0.276. The number of hydrogen-bond acceptors (Lipinski definition) is 5. The van der Waals surface area contributed by atoms with Crippen molar-refractivity contribution < 1.29 is 13.5 Å². The molecule has 1 aliphatic rings. The molecule has 0 amide bonds. The molecule has 1 aromatic rings. The predicted molar refractivity (Wildman–Crippen MR) is 62.6 cm³/mol. The summed E-state index contributed by atoms with van der Waals surface area (Å²) < 4.78 is 25.4. The van der Waals surface area contributed by atoms with Crippen molar-refractivity contribution in [1.29, 1.82) is 0 Å². The van der Waals surface area contributed by atoms with Crippen LogP contribution in [0.2, 0.25) is 0 Å². The second kappa shape index (κ2) is 3.94. The Bertz CT molecular complexity index is 506. The molecule has 1 aliphatic heterocycles. The van der Waals surface area contributed by atoms with Gasteiger partial charge in [-0.1, -0.05) is 6.92 Å². The van der Waals surface area contributed by atoms with Crippen molar-refractivity contribution in [2.24, 2.45) is 0 Å². The molecule has 6 nitrogen and oxygen atoms in total. The van der Waals surface area contributed by atoms with Gasteiger partial charge in [0.2, 0.25) is 10.0 Å². The molecule has 0 aliphatic carbocycles. The molecule has 0 aromatic carbocycles. The maximum atomic E-state index is 12.1. The van der Waals surface area contributed by atoms with Crippen molar-refractivity contribution in [1.82, 2.24) is 9.29 Å². The van der Waals surface area contributed by atoms with Gasteiger partial charge in [0, 0.05) is 19.3 Å². The van der Waals surface area contributed by atoms with Crippen LogP contribution in [-0.2, 0) is 10.0 Å². The number of anilines is 1. The van der Waals surface area contributed by atoms with Gasteiger partial charge in [-0.3, -0.25) is 0 Å². The van der Waals surface area contributed by atoms with Gasteiger partial charge in [-0.15, -0.1) is 0 Å². The van der Waals surface area contributed by atoms with Crippen molar-refractivity contribution in [2.75, 3.05) is 18.8 Å². The van der Waals surface area contributed by atoms with E-state index in [1.807, 2.05) is 6.92 Å². The maximum absolute atomic E-state index is 12.1. The van der Waals surface area contributed by atoms with Crippen LogP contribution in [0.5, 0.6) is 0 Å². The summed E-state index contributed by atoms with van der Waals surface area (Å²) in [5.41, 5.74) is 4.52. The molecular weight excluding hydrogens is 242 g/mol. The second-order valence-electron chi connectivity index (χ2n) is 4.27. The average molecular weight is 257 g/mol. The highest BCUT2D eigenvalue weighted by molar-refractivity contribution is 7.89. The second-order valence-corrected chi connectivity index (χ2v) is 6.21. The van der Waals surface area contributed by atoms with Crippen LogP contribution in [0.15, 0.2) is 23.2 Å². The number of aromatic nitrogens is 1. The van der Waals surface area contributed by atoms with Crippen LogP contribution >= 0.6 is 0 Å². The minimum atomic E-state index is -3.54. The molecule has 2 heterocycles. The Balaban J connectivity index is 2.19. The number of sulfonamides is 1. The molecular formula is C10H15N3O3S. The molecule has 0 radical (unpaired) electrons. The first-order valence-electron chi connectivity index (χ1n) is 5.31. The van der Waals surface area contributed by atoms with Crippen LogP contribution in [-0.4, -0.2) is 41.5 Å². The Morgan fingerprint density at radius 1 is 1.53 bits per heavy atom. The summed E-state index contributed by atoms with van der Waals surface area (Å²) >= 11 is 0. The van der Waals surface area contributed by atoms with Gasteiger partial charge < -0.3 is 10.8 Å². The molecule has 0 unspecified atom stereocenters. The summed E-state index contributed by atoms with van der Waals surface area (Å²) in [6, 6.07) is 2.86. The Kier molecular flexibility index (Phi) is 2.84.